The molecule has 2 aromatic carbocycles. The summed E-state index contributed by atoms with van der Waals surface area (Å²) < 4.78 is 51.9. The maximum Gasteiger partial charge on any atom is 0.251 e. The van der Waals surface area contributed by atoms with Gasteiger partial charge in [0.25, 0.3) is 5.91 Å². The van der Waals surface area contributed by atoms with Crippen LogP contribution >= 0.6 is 23.7 Å². The van der Waals surface area contributed by atoms with Crippen molar-refractivity contribution >= 4 is 54.8 Å². The Morgan fingerprint density at radius 2 is 1.88 bits per heavy atom. The normalized spacial score (nSPS) is 14.7. The zero-order chi connectivity index (χ0) is 23.6. The fourth-order valence-electron chi connectivity index (χ4n) is 3.67. The molecule has 1 aromatic heterocycles. The van der Waals surface area contributed by atoms with E-state index in [1.807, 2.05) is 0 Å². The maximum atomic E-state index is 13.9. The molecule has 3 aromatic rings. The molecule has 0 unspecified atom stereocenters. The van der Waals surface area contributed by atoms with E-state index in [0.29, 0.717) is 41.6 Å². The number of carbonyl (C=O) groups is 1. The molecule has 34 heavy (non-hydrogen) atoms. The summed E-state index contributed by atoms with van der Waals surface area (Å²) in [5.41, 5.74) is 0.506. The highest BCUT2D eigenvalue weighted by Gasteiger charge is 2.21. The number of nitrogens with one attached hydrogen (secondary N) is 1. The second-order valence-electron chi connectivity index (χ2n) is 7.75. The van der Waals surface area contributed by atoms with Crippen LogP contribution in [0.3, 0.4) is 0 Å². The molecule has 1 amide bonds. The van der Waals surface area contributed by atoms with Crippen molar-refractivity contribution < 1.29 is 22.0 Å². The zero-order valence-corrected chi connectivity index (χ0v) is 20.9. The molecular formula is C22H25ClF2N4O3S2. The van der Waals surface area contributed by atoms with Gasteiger partial charge in [-0.05, 0) is 24.3 Å². The van der Waals surface area contributed by atoms with Crippen molar-refractivity contribution in [1.82, 2.24) is 15.2 Å². The van der Waals surface area contributed by atoms with Gasteiger partial charge in [-0.3, -0.25) is 9.69 Å². The number of benzene rings is 2. The topological polar surface area (TPSA) is 82.6 Å². The molecule has 1 aliphatic rings. The molecule has 12 heteroatoms. The van der Waals surface area contributed by atoms with Gasteiger partial charge in [-0.2, -0.15) is 0 Å². The summed E-state index contributed by atoms with van der Waals surface area (Å²) in [6.45, 7) is 5.50. The van der Waals surface area contributed by atoms with Gasteiger partial charge in [0.1, 0.15) is 11.3 Å². The summed E-state index contributed by atoms with van der Waals surface area (Å²) in [7, 11) is -3.37. The maximum absolute atomic E-state index is 13.9. The Bertz CT molecular complexity index is 1280. The van der Waals surface area contributed by atoms with Crippen molar-refractivity contribution in [2.24, 2.45) is 0 Å². The third-order valence-electron chi connectivity index (χ3n) is 5.59. The number of fused-ring (bicyclic) bond motifs is 1. The smallest absolute Gasteiger partial charge is 0.251 e. The van der Waals surface area contributed by atoms with Gasteiger partial charge in [0.2, 0.25) is 0 Å². The van der Waals surface area contributed by atoms with Crippen LogP contribution in [0.2, 0.25) is 0 Å². The second-order valence-corrected chi connectivity index (χ2v) is 11.0. The van der Waals surface area contributed by atoms with E-state index in [2.05, 4.69) is 20.1 Å². The number of piperazine rings is 1. The first kappa shape index (κ1) is 26.3. The summed E-state index contributed by atoms with van der Waals surface area (Å²) in [4.78, 5) is 21.2. The number of halogens is 3. The van der Waals surface area contributed by atoms with Crippen LogP contribution < -0.4 is 10.2 Å². The van der Waals surface area contributed by atoms with Crippen LogP contribution in [-0.2, 0) is 9.84 Å². The molecule has 7 nitrogen and oxygen atoms in total. The first-order valence-electron chi connectivity index (χ1n) is 10.6. The van der Waals surface area contributed by atoms with Crippen molar-refractivity contribution in [3.63, 3.8) is 0 Å². The number of aromatic nitrogens is 1. The highest BCUT2D eigenvalue weighted by molar-refractivity contribution is 7.91. The van der Waals surface area contributed by atoms with Gasteiger partial charge in [0.05, 0.1) is 15.3 Å². The Kier molecular flexibility index (Phi) is 8.45. The molecule has 1 N–H and O–H groups in total. The van der Waals surface area contributed by atoms with Gasteiger partial charge in [-0.1, -0.05) is 24.3 Å². The summed E-state index contributed by atoms with van der Waals surface area (Å²) in [5, 5.41) is 3.51. The summed E-state index contributed by atoms with van der Waals surface area (Å²) in [6.07, 6.45) is 0. The highest BCUT2D eigenvalue weighted by Crippen LogP contribution is 2.31. The van der Waals surface area contributed by atoms with E-state index in [1.54, 1.807) is 19.1 Å². The first-order valence-corrected chi connectivity index (χ1v) is 13.1. The lowest BCUT2D eigenvalue weighted by Gasteiger charge is -2.34. The van der Waals surface area contributed by atoms with Crippen LogP contribution in [-0.4, -0.2) is 69.2 Å². The van der Waals surface area contributed by atoms with Crippen LogP contribution in [0.15, 0.2) is 41.3 Å². The minimum atomic E-state index is -3.37. The van der Waals surface area contributed by atoms with Gasteiger partial charge in [-0.15, -0.1) is 12.4 Å². The second kappa shape index (κ2) is 10.9. The van der Waals surface area contributed by atoms with E-state index < -0.39 is 21.5 Å². The molecule has 2 heterocycles. The number of hydrogen-bond donors (Lipinski definition) is 1. The van der Waals surface area contributed by atoms with E-state index in [1.165, 1.54) is 29.5 Å². The van der Waals surface area contributed by atoms with Crippen molar-refractivity contribution in [1.29, 1.82) is 0 Å². The Morgan fingerprint density at radius 1 is 1.15 bits per heavy atom. The molecule has 0 radical (unpaired) electrons. The van der Waals surface area contributed by atoms with E-state index in [4.69, 9.17) is 0 Å². The molecule has 0 saturated carbocycles. The van der Waals surface area contributed by atoms with E-state index in [-0.39, 0.29) is 34.5 Å². The molecule has 0 aliphatic carbocycles. The lowest BCUT2D eigenvalue weighted by Crippen LogP contribution is -2.48. The number of carbonyl (C=O) groups excluding carboxylic acids is 1. The van der Waals surface area contributed by atoms with E-state index >= 15 is 0 Å². The number of anilines is 1. The lowest BCUT2D eigenvalue weighted by atomic mass is 10.2. The van der Waals surface area contributed by atoms with Crippen LogP contribution in [0.5, 0.6) is 0 Å². The SMILES string of the molecule is CCS(=O)(=O)c1cccc(C(=O)NCCN2CCN(c3nc4c(F)cc(F)cc4s3)CC2)c1.Cl. The number of nitrogens with zero attached hydrogens (tertiary/aromatic N) is 3. The largest absolute Gasteiger partial charge is 0.351 e. The minimum absolute atomic E-state index is 0. The van der Waals surface area contributed by atoms with Gasteiger partial charge in [-0.25, -0.2) is 22.2 Å². The van der Waals surface area contributed by atoms with Gasteiger partial charge in [0.15, 0.2) is 20.8 Å². The summed E-state index contributed by atoms with van der Waals surface area (Å²) in [6, 6.07) is 8.20. The predicted octanol–water partition coefficient (Wildman–Crippen LogP) is 3.34. The van der Waals surface area contributed by atoms with Crippen molar-refractivity contribution in [2.75, 3.05) is 49.9 Å². The van der Waals surface area contributed by atoms with Gasteiger partial charge in [0, 0.05) is 50.9 Å². The summed E-state index contributed by atoms with van der Waals surface area (Å²) in [5.74, 6) is -1.60. The first-order chi connectivity index (χ1) is 15.8. The third-order valence-corrected chi connectivity index (χ3v) is 8.39. The Balaban J connectivity index is 0.00000324. The molecule has 0 atom stereocenters. The number of rotatable bonds is 7. The standard InChI is InChI=1S/C22H24F2N4O3S2.ClH/c1-2-33(30,31)17-5-3-4-15(12-17)21(29)25-6-7-27-8-10-28(11-9-27)22-26-20-18(24)13-16(23)14-19(20)32-22;/h3-5,12-14H,2,6-11H2,1H3,(H,25,29);1H. The van der Waals surface area contributed by atoms with E-state index in [0.717, 1.165) is 19.2 Å². The molecule has 0 spiro atoms. The average molecular weight is 531 g/mol. The van der Waals surface area contributed by atoms with Crippen LogP contribution in [0.1, 0.15) is 17.3 Å². The molecular weight excluding hydrogens is 506 g/mol. The number of thiazole rings is 1. The van der Waals surface area contributed by atoms with Crippen molar-refractivity contribution in [2.45, 2.75) is 11.8 Å². The fourth-order valence-corrected chi connectivity index (χ4v) is 5.65. The average Bonchev–Trinajstić information content (AvgIpc) is 3.24. The number of sulfone groups is 1. The number of amides is 1. The quantitative estimate of drug-likeness (QED) is 0.504. The Labute approximate surface area is 207 Å². The minimum Gasteiger partial charge on any atom is -0.351 e. The van der Waals surface area contributed by atoms with Crippen LogP contribution in [0, 0.1) is 11.6 Å². The molecule has 0 bridgehead atoms. The molecule has 1 fully saturated rings. The predicted molar refractivity (Wildman–Crippen MR) is 132 cm³/mol. The van der Waals surface area contributed by atoms with Gasteiger partial charge < -0.3 is 10.2 Å². The number of hydrogen-bond acceptors (Lipinski definition) is 7. The lowest BCUT2D eigenvalue weighted by molar-refractivity contribution is 0.0947. The monoisotopic (exact) mass is 530 g/mol. The van der Waals surface area contributed by atoms with Gasteiger partial charge >= 0.3 is 0 Å². The Hall–Kier alpha value is -2.34. The van der Waals surface area contributed by atoms with E-state index in [9.17, 15) is 22.0 Å². The van der Waals surface area contributed by atoms with Crippen molar-refractivity contribution in [3.8, 4) is 0 Å². The highest BCUT2D eigenvalue weighted by atomic mass is 35.5. The third kappa shape index (κ3) is 5.83. The van der Waals surface area contributed by atoms with Crippen LogP contribution in [0.25, 0.3) is 10.2 Å². The van der Waals surface area contributed by atoms with Crippen molar-refractivity contribution in [3.05, 3.63) is 53.6 Å². The fraction of sp³-hybridized carbons (Fsp3) is 0.364. The molecule has 1 aliphatic heterocycles. The molecule has 184 valence electrons. The van der Waals surface area contributed by atoms with Crippen LogP contribution in [0.4, 0.5) is 13.9 Å². The Morgan fingerprint density at radius 3 is 2.59 bits per heavy atom. The summed E-state index contributed by atoms with van der Waals surface area (Å²) >= 11 is 1.27. The molecule has 4 rings (SSSR count). The molecule has 1 saturated heterocycles. The zero-order valence-electron chi connectivity index (χ0n) is 18.5.